The van der Waals surface area contributed by atoms with Gasteiger partial charge in [0.1, 0.15) is 0 Å². The predicted octanol–water partition coefficient (Wildman–Crippen LogP) is 5.32. The zero-order valence-electron chi connectivity index (χ0n) is 17.3. The van der Waals surface area contributed by atoms with E-state index in [4.69, 9.17) is 0 Å². The lowest BCUT2D eigenvalue weighted by molar-refractivity contribution is -0.113. The Balaban J connectivity index is 2.46. The maximum absolute atomic E-state index is 13.1. The van der Waals surface area contributed by atoms with Gasteiger partial charge in [-0.1, -0.05) is 0 Å². The summed E-state index contributed by atoms with van der Waals surface area (Å²) in [6.45, 7) is 18.4. The van der Waals surface area contributed by atoms with E-state index in [1.54, 1.807) is 4.90 Å². The number of carbonyl (C=O) groups is 2. The number of carbonyl (C=O) groups excluding carboxylic acids is 2. The first-order valence-electron chi connectivity index (χ1n) is 9.08. The topological polar surface area (TPSA) is 37.4 Å². The fourth-order valence-corrected chi connectivity index (χ4v) is 4.19. The number of amides is 1. The molecule has 0 N–H and O–H groups in total. The molecule has 2 aromatic carbocycles. The van der Waals surface area contributed by atoms with Gasteiger partial charge in [-0.15, -0.1) is 0 Å². The van der Waals surface area contributed by atoms with Gasteiger partial charge in [-0.2, -0.15) is 0 Å². The first-order chi connectivity index (χ1) is 12.0. The molecule has 1 aliphatic rings. The second-order valence-corrected chi connectivity index (χ2v) is 7.67. The molecule has 2 aromatic rings. The summed E-state index contributed by atoms with van der Waals surface area (Å²) in [4.78, 5) is 27.6. The Morgan fingerprint density at radius 2 is 0.808 bits per heavy atom. The Morgan fingerprint density at radius 1 is 0.462 bits per heavy atom. The lowest BCUT2D eigenvalue weighted by Gasteiger charge is -2.27. The molecular weight excluding hydrogens is 322 g/mol. The van der Waals surface area contributed by atoms with Crippen LogP contribution in [0.25, 0.3) is 0 Å². The highest BCUT2D eigenvalue weighted by Gasteiger charge is 2.41. The molecule has 26 heavy (non-hydrogen) atoms. The van der Waals surface area contributed by atoms with Gasteiger partial charge in [0.25, 0.3) is 5.78 Å². The van der Waals surface area contributed by atoms with E-state index in [0.717, 1.165) is 44.8 Å². The summed E-state index contributed by atoms with van der Waals surface area (Å²) in [5, 5.41) is 0. The number of hydrogen-bond donors (Lipinski definition) is 0. The molecule has 0 aromatic heterocycles. The summed E-state index contributed by atoms with van der Waals surface area (Å²) in [7, 11) is 0. The number of Topliss-reactive ketones (excluding diaryl/α,β-unsaturated/α-hetero) is 1. The Labute approximate surface area is 156 Å². The van der Waals surface area contributed by atoms with E-state index in [1.165, 1.54) is 16.7 Å². The van der Waals surface area contributed by atoms with Crippen molar-refractivity contribution >= 4 is 23.1 Å². The fourth-order valence-electron chi connectivity index (χ4n) is 4.19. The van der Waals surface area contributed by atoms with Crippen molar-refractivity contribution in [3.8, 4) is 0 Å². The van der Waals surface area contributed by atoms with Gasteiger partial charge in [0.2, 0.25) is 0 Å². The molecule has 0 bridgehead atoms. The van der Waals surface area contributed by atoms with Crippen LogP contribution in [0.1, 0.15) is 60.4 Å². The van der Waals surface area contributed by atoms with Crippen LogP contribution in [0.2, 0.25) is 0 Å². The Kier molecular flexibility index (Phi) is 4.10. The molecular formula is C23H27NO2. The van der Waals surface area contributed by atoms with E-state index in [-0.39, 0.29) is 0 Å². The van der Waals surface area contributed by atoms with Gasteiger partial charge in [-0.25, -0.2) is 0 Å². The van der Waals surface area contributed by atoms with Gasteiger partial charge in [0.15, 0.2) is 0 Å². The molecule has 0 radical (unpaired) electrons. The van der Waals surface area contributed by atoms with Crippen molar-refractivity contribution in [1.82, 2.24) is 0 Å². The lowest BCUT2D eigenvalue weighted by atomic mass is 9.90. The molecule has 0 spiro atoms. The number of anilines is 2. The highest BCUT2D eigenvalue weighted by molar-refractivity contribution is 6.54. The second-order valence-electron chi connectivity index (χ2n) is 7.67. The fraction of sp³-hybridized carbons (Fsp3) is 0.391. The standard InChI is InChI=1S/C23H27NO2/c1-10-12(3)16(7)20(17(8)13(10)4)24-21-18(9)14(5)11(2)15(6)19(21)22(25)23(24)26/h1-9H3. The van der Waals surface area contributed by atoms with Gasteiger partial charge in [-0.05, 0) is 112 Å². The first-order valence-corrected chi connectivity index (χ1v) is 9.08. The zero-order chi connectivity index (χ0) is 19.7. The number of benzene rings is 2. The van der Waals surface area contributed by atoms with Crippen molar-refractivity contribution in [3.05, 3.63) is 55.6 Å². The zero-order valence-corrected chi connectivity index (χ0v) is 17.3. The molecule has 0 fully saturated rings. The molecule has 136 valence electrons. The third-order valence-corrected chi connectivity index (χ3v) is 6.69. The largest absolute Gasteiger partial charge is 0.304 e. The van der Waals surface area contributed by atoms with Crippen molar-refractivity contribution < 1.29 is 9.59 Å². The third-order valence-electron chi connectivity index (χ3n) is 6.69. The SMILES string of the molecule is Cc1c(C)c(C)c(N2C(=O)C(=O)c3c(C)c(C)c(C)c(C)c32)c(C)c1C. The van der Waals surface area contributed by atoms with Crippen LogP contribution >= 0.6 is 0 Å². The summed E-state index contributed by atoms with van der Waals surface area (Å²) >= 11 is 0. The molecule has 1 heterocycles. The highest BCUT2D eigenvalue weighted by atomic mass is 16.2. The highest BCUT2D eigenvalue weighted by Crippen LogP contribution is 2.45. The van der Waals surface area contributed by atoms with Crippen molar-refractivity contribution in [2.45, 2.75) is 62.3 Å². The normalized spacial score (nSPS) is 13.7. The number of ketones is 1. The van der Waals surface area contributed by atoms with Crippen molar-refractivity contribution in [2.75, 3.05) is 4.90 Å². The minimum Gasteiger partial charge on any atom is -0.283 e. The summed E-state index contributed by atoms with van der Waals surface area (Å²) in [5.74, 6) is -0.830. The van der Waals surface area contributed by atoms with Crippen molar-refractivity contribution in [3.63, 3.8) is 0 Å². The Hall–Kier alpha value is -2.42. The molecule has 0 saturated carbocycles. The maximum Gasteiger partial charge on any atom is 0.304 e. The second kappa shape index (κ2) is 5.80. The Bertz CT molecular complexity index is 983. The van der Waals surface area contributed by atoms with Gasteiger partial charge in [0, 0.05) is 0 Å². The Morgan fingerprint density at radius 3 is 1.27 bits per heavy atom. The number of nitrogens with zero attached hydrogens (tertiary/aromatic N) is 1. The molecule has 0 saturated heterocycles. The molecule has 0 unspecified atom stereocenters. The number of hydrogen-bond acceptors (Lipinski definition) is 2. The van der Waals surface area contributed by atoms with Gasteiger partial charge >= 0.3 is 5.91 Å². The summed E-state index contributed by atoms with van der Waals surface area (Å²) in [6.07, 6.45) is 0. The average molecular weight is 349 g/mol. The van der Waals surface area contributed by atoms with E-state index in [1.807, 2.05) is 34.6 Å². The van der Waals surface area contributed by atoms with Crippen LogP contribution in [0.4, 0.5) is 11.4 Å². The molecule has 3 rings (SSSR count). The summed E-state index contributed by atoms with van der Waals surface area (Å²) < 4.78 is 0. The van der Waals surface area contributed by atoms with Gasteiger partial charge in [-0.3, -0.25) is 14.5 Å². The van der Waals surface area contributed by atoms with Crippen LogP contribution in [0, 0.1) is 62.3 Å². The minimum absolute atomic E-state index is 0.390. The van der Waals surface area contributed by atoms with Crippen LogP contribution in [-0.2, 0) is 4.79 Å². The quantitative estimate of drug-likeness (QED) is 0.653. The van der Waals surface area contributed by atoms with Gasteiger partial charge in [0.05, 0.1) is 16.9 Å². The summed E-state index contributed by atoms with van der Waals surface area (Å²) in [5.41, 5.74) is 12.1. The molecule has 1 aliphatic heterocycles. The third kappa shape index (κ3) is 2.13. The number of rotatable bonds is 1. The maximum atomic E-state index is 13.1. The number of fused-ring (bicyclic) bond motifs is 1. The van der Waals surface area contributed by atoms with Crippen LogP contribution < -0.4 is 4.90 Å². The molecule has 0 aliphatic carbocycles. The van der Waals surface area contributed by atoms with Crippen molar-refractivity contribution in [2.24, 2.45) is 0 Å². The van der Waals surface area contributed by atoms with Crippen LogP contribution in [0.5, 0.6) is 0 Å². The molecule has 1 amide bonds. The summed E-state index contributed by atoms with van der Waals surface area (Å²) in [6, 6.07) is 0. The van der Waals surface area contributed by atoms with Gasteiger partial charge < -0.3 is 0 Å². The predicted molar refractivity (Wildman–Crippen MR) is 107 cm³/mol. The van der Waals surface area contributed by atoms with Crippen molar-refractivity contribution in [1.29, 1.82) is 0 Å². The molecule has 0 atom stereocenters. The van der Waals surface area contributed by atoms with E-state index >= 15 is 0 Å². The van der Waals surface area contributed by atoms with Crippen LogP contribution in [0.3, 0.4) is 0 Å². The van der Waals surface area contributed by atoms with E-state index in [2.05, 4.69) is 27.7 Å². The average Bonchev–Trinajstić information content (AvgIpc) is 2.87. The van der Waals surface area contributed by atoms with E-state index in [9.17, 15) is 9.59 Å². The lowest BCUT2D eigenvalue weighted by Crippen LogP contribution is -2.27. The smallest absolute Gasteiger partial charge is 0.283 e. The van der Waals surface area contributed by atoms with Crippen LogP contribution in [-0.4, -0.2) is 11.7 Å². The van der Waals surface area contributed by atoms with E-state index < -0.39 is 11.7 Å². The van der Waals surface area contributed by atoms with Crippen LogP contribution in [0.15, 0.2) is 0 Å². The molecule has 3 nitrogen and oxygen atoms in total. The monoisotopic (exact) mass is 349 g/mol. The van der Waals surface area contributed by atoms with E-state index in [0.29, 0.717) is 5.56 Å². The minimum atomic E-state index is -0.440. The molecule has 3 heteroatoms. The first kappa shape index (κ1) is 18.4.